The van der Waals surface area contributed by atoms with Crippen molar-refractivity contribution in [2.24, 2.45) is 11.3 Å². The predicted molar refractivity (Wildman–Crippen MR) is 81.9 cm³/mol. The zero-order chi connectivity index (χ0) is 14.3. The maximum absolute atomic E-state index is 12.6. The molecule has 4 heteroatoms. The molecule has 0 aromatic carbocycles. The number of amides is 2. The smallest absolute Gasteiger partial charge is 0.317 e. The van der Waals surface area contributed by atoms with Gasteiger partial charge >= 0.3 is 6.03 Å². The molecule has 0 radical (unpaired) electrons. The lowest BCUT2D eigenvalue weighted by molar-refractivity contribution is 0.0973. The normalized spacial score (nSPS) is 27.4. The number of hydrogen-bond acceptors (Lipinski definition) is 1. The van der Waals surface area contributed by atoms with Gasteiger partial charge in [-0.15, -0.1) is 0 Å². The van der Waals surface area contributed by atoms with Crippen molar-refractivity contribution in [3.05, 3.63) is 24.0 Å². The molecule has 114 valence electrons. The summed E-state index contributed by atoms with van der Waals surface area (Å²) in [6.45, 7) is 1.77. The molecule has 1 aromatic heterocycles. The highest BCUT2D eigenvalue weighted by atomic mass is 16.2. The van der Waals surface area contributed by atoms with Gasteiger partial charge in [0.25, 0.3) is 0 Å². The largest absolute Gasteiger partial charge is 0.363 e. The van der Waals surface area contributed by atoms with Gasteiger partial charge in [0.05, 0.1) is 6.04 Å². The van der Waals surface area contributed by atoms with Crippen molar-refractivity contribution >= 4 is 6.03 Å². The lowest BCUT2D eigenvalue weighted by atomic mass is 9.65. The predicted octanol–water partition coefficient (Wildman–Crippen LogP) is 3.44. The molecule has 1 aromatic rings. The first-order chi connectivity index (χ1) is 10.3. The number of nitrogens with zero attached hydrogens (tertiary/aromatic N) is 1. The molecule has 4 nitrogen and oxygen atoms in total. The maximum atomic E-state index is 12.6. The fourth-order valence-electron chi connectivity index (χ4n) is 4.29. The van der Waals surface area contributed by atoms with Crippen LogP contribution in [-0.2, 0) is 0 Å². The van der Waals surface area contributed by atoms with Crippen molar-refractivity contribution in [2.75, 3.05) is 13.1 Å². The molecule has 1 aliphatic heterocycles. The van der Waals surface area contributed by atoms with E-state index in [9.17, 15) is 4.79 Å². The second kappa shape index (κ2) is 5.08. The van der Waals surface area contributed by atoms with Crippen LogP contribution >= 0.6 is 0 Å². The number of hydrogen-bond donors (Lipinski definition) is 2. The SMILES string of the molecule is O=C(NCC1(C2CC2)CCC1)N1CCCC1c1ccc[nH]1. The summed E-state index contributed by atoms with van der Waals surface area (Å²) in [7, 11) is 0. The molecule has 1 unspecified atom stereocenters. The van der Waals surface area contributed by atoms with Crippen LogP contribution in [0.15, 0.2) is 18.3 Å². The van der Waals surface area contributed by atoms with Crippen LogP contribution in [-0.4, -0.2) is 29.0 Å². The van der Waals surface area contributed by atoms with Gasteiger partial charge in [-0.1, -0.05) is 6.42 Å². The van der Waals surface area contributed by atoms with Crippen molar-refractivity contribution in [1.82, 2.24) is 15.2 Å². The number of rotatable bonds is 4. The van der Waals surface area contributed by atoms with Crippen LogP contribution < -0.4 is 5.32 Å². The van der Waals surface area contributed by atoms with Gasteiger partial charge in [-0.2, -0.15) is 0 Å². The van der Waals surface area contributed by atoms with Crippen LogP contribution in [0.3, 0.4) is 0 Å². The van der Waals surface area contributed by atoms with Crippen LogP contribution in [0.5, 0.6) is 0 Å². The number of aromatic nitrogens is 1. The molecule has 0 spiro atoms. The van der Waals surface area contributed by atoms with E-state index >= 15 is 0 Å². The van der Waals surface area contributed by atoms with Gasteiger partial charge in [0, 0.05) is 25.0 Å². The molecular formula is C17H25N3O. The molecule has 2 aliphatic carbocycles. The van der Waals surface area contributed by atoms with Crippen molar-refractivity contribution < 1.29 is 4.79 Å². The average Bonchev–Trinajstić information content (AvgIpc) is 2.97. The first-order valence-corrected chi connectivity index (χ1v) is 8.46. The number of likely N-dealkylation sites (tertiary alicyclic amines) is 1. The van der Waals surface area contributed by atoms with Crippen molar-refractivity contribution in [3.8, 4) is 0 Å². The molecule has 3 fully saturated rings. The lowest BCUT2D eigenvalue weighted by Gasteiger charge is -2.43. The quantitative estimate of drug-likeness (QED) is 0.875. The fraction of sp³-hybridized carbons (Fsp3) is 0.706. The monoisotopic (exact) mass is 287 g/mol. The molecule has 1 atom stereocenters. The third-order valence-electron chi connectivity index (χ3n) is 5.88. The highest BCUT2D eigenvalue weighted by molar-refractivity contribution is 5.75. The number of H-pyrrole nitrogens is 1. The number of carbonyl (C=O) groups is 1. The topological polar surface area (TPSA) is 48.1 Å². The summed E-state index contributed by atoms with van der Waals surface area (Å²) in [5.74, 6) is 0.893. The first-order valence-electron chi connectivity index (χ1n) is 8.46. The van der Waals surface area contributed by atoms with Crippen molar-refractivity contribution in [2.45, 2.75) is 51.0 Å². The van der Waals surface area contributed by atoms with Crippen LogP contribution in [0.2, 0.25) is 0 Å². The summed E-state index contributed by atoms with van der Waals surface area (Å²) in [4.78, 5) is 17.9. The number of urea groups is 1. The minimum absolute atomic E-state index is 0.138. The van der Waals surface area contributed by atoms with E-state index in [0.29, 0.717) is 5.41 Å². The summed E-state index contributed by atoms with van der Waals surface area (Å²) in [5.41, 5.74) is 1.63. The van der Waals surface area contributed by atoms with Gasteiger partial charge in [-0.3, -0.25) is 0 Å². The highest BCUT2D eigenvalue weighted by Crippen LogP contribution is 2.56. The molecule has 21 heavy (non-hydrogen) atoms. The molecule has 4 rings (SSSR count). The molecule has 3 aliphatic rings. The Kier molecular flexibility index (Phi) is 3.20. The minimum atomic E-state index is 0.138. The molecule has 1 saturated heterocycles. The van der Waals surface area contributed by atoms with Crippen LogP contribution in [0.25, 0.3) is 0 Å². The van der Waals surface area contributed by atoms with E-state index in [2.05, 4.69) is 16.4 Å². The van der Waals surface area contributed by atoms with E-state index in [0.717, 1.165) is 31.8 Å². The summed E-state index contributed by atoms with van der Waals surface area (Å²) >= 11 is 0. The zero-order valence-electron chi connectivity index (χ0n) is 12.6. The molecule has 2 saturated carbocycles. The first kappa shape index (κ1) is 13.2. The molecule has 0 bridgehead atoms. The maximum Gasteiger partial charge on any atom is 0.317 e. The number of aromatic amines is 1. The molecular weight excluding hydrogens is 262 g/mol. The molecule has 2 heterocycles. The Morgan fingerprint density at radius 3 is 2.81 bits per heavy atom. The second-order valence-electron chi connectivity index (χ2n) is 7.13. The van der Waals surface area contributed by atoms with Crippen molar-refractivity contribution in [1.29, 1.82) is 0 Å². The van der Waals surface area contributed by atoms with Crippen LogP contribution in [0, 0.1) is 11.3 Å². The van der Waals surface area contributed by atoms with Crippen molar-refractivity contribution in [3.63, 3.8) is 0 Å². The molecule has 2 amide bonds. The minimum Gasteiger partial charge on any atom is -0.363 e. The summed E-state index contributed by atoms with van der Waals surface area (Å²) in [6, 6.07) is 4.48. The third-order valence-corrected chi connectivity index (χ3v) is 5.88. The van der Waals surface area contributed by atoms with Gasteiger partial charge in [-0.05, 0) is 62.0 Å². The second-order valence-corrected chi connectivity index (χ2v) is 7.13. The Morgan fingerprint density at radius 2 is 2.19 bits per heavy atom. The number of nitrogens with one attached hydrogen (secondary N) is 2. The Hall–Kier alpha value is -1.45. The Morgan fingerprint density at radius 1 is 1.33 bits per heavy atom. The Bertz CT molecular complexity index is 502. The van der Waals surface area contributed by atoms with Gasteiger partial charge in [0.15, 0.2) is 0 Å². The third kappa shape index (κ3) is 2.34. The van der Waals surface area contributed by atoms with Gasteiger partial charge in [0.1, 0.15) is 0 Å². The van der Waals surface area contributed by atoms with E-state index in [1.54, 1.807) is 0 Å². The fourth-order valence-corrected chi connectivity index (χ4v) is 4.29. The van der Waals surface area contributed by atoms with Crippen LogP contribution in [0.1, 0.15) is 56.7 Å². The van der Waals surface area contributed by atoms with Gasteiger partial charge in [0.2, 0.25) is 0 Å². The van der Waals surface area contributed by atoms with E-state index in [1.165, 1.54) is 37.8 Å². The Labute approximate surface area is 126 Å². The summed E-state index contributed by atoms with van der Waals surface area (Å²) in [6.07, 6.45) is 10.9. The van der Waals surface area contributed by atoms with E-state index in [4.69, 9.17) is 0 Å². The van der Waals surface area contributed by atoms with E-state index in [1.807, 2.05) is 17.2 Å². The Balaban J connectivity index is 1.38. The standard InChI is InChI=1S/C17H25N3O/c21-16(19-12-17(8-3-9-17)13-6-7-13)20-11-2-5-15(20)14-4-1-10-18-14/h1,4,10,13,15,18H,2-3,5-9,11-12H2,(H,19,21). The van der Waals surface area contributed by atoms with Crippen LogP contribution in [0.4, 0.5) is 4.79 Å². The average molecular weight is 287 g/mol. The molecule has 2 N–H and O–H groups in total. The number of carbonyl (C=O) groups excluding carboxylic acids is 1. The lowest BCUT2D eigenvalue weighted by Crippen LogP contribution is -2.48. The van der Waals surface area contributed by atoms with E-state index in [-0.39, 0.29) is 12.1 Å². The zero-order valence-corrected chi connectivity index (χ0v) is 12.6. The summed E-state index contributed by atoms with van der Waals surface area (Å²) in [5, 5.41) is 3.25. The highest BCUT2D eigenvalue weighted by Gasteiger charge is 2.49. The summed E-state index contributed by atoms with van der Waals surface area (Å²) < 4.78 is 0. The van der Waals surface area contributed by atoms with E-state index < -0.39 is 0 Å². The van der Waals surface area contributed by atoms with Gasteiger partial charge in [-0.25, -0.2) is 4.79 Å². The van der Waals surface area contributed by atoms with Gasteiger partial charge < -0.3 is 15.2 Å².